The van der Waals surface area contributed by atoms with Gasteiger partial charge in [-0.05, 0) is 37.4 Å². The topological polar surface area (TPSA) is 134 Å². The van der Waals surface area contributed by atoms with Gasteiger partial charge in [0.05, 0.1) is 0 Å². The van der Waals surface area contributed by atoms with Gasteiger partial charge in [-0.1, -0.05) is 56.3 Å². The third kappa shape index (κ3) is 6.12. The Morgan fingerprint density at radius 1 is 1.18 bits per heavy atom. The van der Waals surface area contributed by atoms with E-state index in [0.717, 1.165) is 5.56 Å². The molecule has 0 bridgehead atoms. The molecule has 0 unspecified atom stereocenters. The van der Waals surface area contributed by atoms with Crippen LogP contribution in [0.2, 0.25) is 18.1 Å². The van der Waals surface area contributed by atoms with Crippen LogP contribution < -0.4 is 16.2 Å². The summed E-state index contributed by atoms with van der Waals surface area (Å²) in [6.07, 6.45) is 1.48. The van der Waals surface area contributed by atoms with Crippen LogP contribution in [0.4, 0.5) is 0 Å². The van der Waals surface area contributed by atoms with E-state index < -0.39 is 8.32 Å². The Bertz CT molecular complexity index is 1030. The zero-order valence-corrected chi connectivity index (χ0v) is 21.3. The van der Waals surface area contributed by atoms with Crippen molar-refractivity contribution in [2.75, 3.05) is 0 Å². The predicted molar refractivity (Wildman–Crippen MR) is 130 cm³/mol. The fourth-order valence-electron chi connectivity index (χ4n) is 3.79. The van der Waals surface area contributed by atoms with E-state index in [0.29, 0.717) is 25.0 Å². The molecule has 1 heterocycles. The molecule has 3 rings (SSSR count). The number of nitrogens with one attached hydrogen (secondary N) is 3. The van der Waals surface area contributed by atoms with E-state index in [1.165, 1.54) is 0 Å². The maximum atomic E-state index is 12.4. The lowest BCUT2D eigenvalue weighted by atomic mass is 9.79. The molecule has 1 aliphatic carbocycles. The lowest BCUT2D eigenvalue weighted by Gasteiger charge is -2.37. The fourth-order valence-corrected chi connectivity index (χ4v) is 4.59. The second-order valence-electron chi connectivity index (χ2n) is 10.3. The van der Waals surface area contributed by atoms with E-state index in [1.54, 1.807) is 13.0 Å². The molecule has 1 atom stereocenters. The minimum Gasteiger partial charge on any atom is -0.432 e. The van der Waals surface area contributed by atoms with Gasteiger partial charge in [-0.3, -0.25) is 25.2 Å². The van der Waals surface area contributed by atoms with E-state index in [4.69, 9.17) is 4.52 Å². The van der Waals surface area contributed by atoms with Crippen molar-refractivity contribution in [3.05, 3.63) is 42.1 Å². The highest BCUT2D eigenvalue weighted by atomic mass is 28.4. The van der Waals surface area contributed by atoms with Crippen LogP contribution >= 0.6 is 0 Å². The number of aromatic nitrogens is 1. The SMILES string of the molecule is C[C@@H](CC(C)(C)[Si](C)(C)O)C(=O)NNC(=O)C1CC(NC(=O)c2cc(-c3ccccc3)on2)C1. The summed E-state index contributed by atoms with van der Waals surface area (Å²) >= 11 is 0. The Labute approximate surface area is 200 Å². The van der Waals surface area contributed by atoms with Crippen molar-refractivity contribution >= 4 is 26.0 Å². The molecular weight excluding hydrogens is 452 g/mol. The summed E-state index contributed by atoms with van der Waals surface area (Å²) in [6.45, 7) is 9.43. The second kappa shape index (κ2) is 10.1. The van der Waals surface area contributed by atoms with E-state index in [2.05, 4.69) is 21.3 Å². The Balaban J connectivity index is 1.40. The third-order valence-electron chi connectivity index (χ3n) is 6.87. The molecule has 0 saturated heterocycles. The van der Waals surface area contributed by atoms with E-state index in [9.17, 15) is 19.2 Å². The molecule has 2 aromatic rings. The first-order valence-electron chi connectivity index (χ1n) is 11.5. The molecule has 1 fully saturated rings. The number of hydrogen-bond donors (Lipinski definition) is 4. The van der Waals surface area contributed by atoms with Gasteiger partial charge in [0.15, 0.2) is 19.8 Å². The molecule has 9 nitrogen and oxygen atoms in total. The molecule has 0 spiro atoms. The summed E-state index contributed by atoms with van der Waals surface area (Å²) in [6, 6.07) is 10.8. The number of hydrogen-bond acceptors (Lipinski definition) is 6. The van der Waals surface area contributed by atoms with Gasteiger partial charge in [-0.25, -0.2) is 0 Å². The van der Waals surface area contributed by atoms with Crippen LogP contribution in [-0.4, -0.2) is 42.0 Å². The molecule has 1 aromatic carbocycles. The van der Waals surface area contributed by atoms with Crippen LogP contribution in [0.1, 0.15) is 50.5 Å². The monoisotopic (exact) mass is 486 g/mol. The highest BCUT2D eigenvalue weighted by molar-refractivity contribution is 6.72. The molecule has 0 radical (unpaired) electrons. The minimum atomic E-state index is -2.43. The first-order chi connectivity index (χ1) is 15.9. The van der Waals surface area contributed by atoms with Gasteiger partial charge in [-0.15, -0.1) is 0 Å². The van der Waals surface area contributed by atoms with Gasteiger partial charge in [0.25, 0.3) is 5.91 Å². The summed E-state index contributed by atoms with van der Waals surface area (Å²) in [5.74, 6) is -1.06. The lowest BCUT2D eigenvalue weighted by Crippen LogP contribution is -2.53. The molecule has 0 aliphatic heterocycles. The molecule has 4 N–H and O–H groups in total. The van der Waals surface area contributed by atoms with Crippen LogP contribution in [0.3, 0.4) is 0 Å². The molecule has 10 heteroatoms. The molecule has 1 aromatic heterocycles. The zero-order chi connectivity index (χ0) is 25.1. The average Bonchev–Trinajstić information content (AvgIpc) is 3.24. The molecule has 1 saturated carbocycles. The van der Waals surface area contributed by atoms with Crippen molar-refractivity contribution in [2.24, 2.45) is 11.8 Å². The quantitative estimate of drug-likeness (QED) is 0.335. The Morgan fingerprint density at radius 2 is 1.82 bits per heavy atom. The van der Waals surface area contributed by atoms with Crippen molar-refractivity contribution in [3.63, 3.8) is 0 Å². The van der Waals surface area contributed by atoms with Gasteiger partial charge in [0.1, 0.15) is 0 Å². The smallest absolute Gasteiger partial charge is 0.273 e. The maximum Gasteiger partial charge on any atom is 0.273 e. The van der Waals surface area contributed by atoms with Crippen molar-refractivity contribution < 1.29 is 23.7 Å². The Morgan fingerprint density at radius 3 is 2.44 bits per heavy atom. The van der Waals surface area contributed by atoms with Crippen molar-refractivity contribution in [3.8, 4) is 11.3 Å². The lowest BCUT2D eigenvalue weighted by molar-refractivity contribution is -0.134. The summed E-state index contributed by atoms with van der Waals surface area (Å²) in [5, 5.41) is 6.36. The highest BCUT2D eigenvalue weighted by Crippen LogP contribution is 2.41. The normalized spacial score (nSPS) is 19.0. The Hall–Kier alpha value is -2.98. The number of carbonyl (C=O) groups is 3. The molecule has 184 valence electrons. The predicted octanol–water partition coefficient (Wildman–Crippen LogP) is 3.00. The largest absolute Gasteiger partial charge is 0.432 e. The third-order valence-corrected chi connectivity index (χ3v) is 10.4. The van der Waals surface area contributed by atoms with Gasteiger partial charge < -0.3 is 14.6 Å². The average molecular weight is 487 g/mol. The number of carbonyl (C=O) groups excluding carboxylic acids is 3. The van der Waals surface area contributed by atoms with Gasteiger partial charge in [-0.2, -0.15) is 0 Å². The maximum absolute atomic E-state index is 12.4. The van der Waals surface area contributed by atoms with Crippen molar-refractivity contribution in [1.29, 1.82) is 0 Å². The summed E-state index contributed by atoms with van der Waals surface area (Å²) in [4.78, 5) is 47.6. The van der Waals surface area contributed by atoms with E-state index in [-0.39, 0.29) is 46.3 Å². The molecular formula is C24H34N4O5Si. The standard InChI is InChI=1S/C24H34N4O5Si/c1-15(14-24(2,3)34(4,5)32)21(29)26-27-22(30)17-11-18(12-17)25-23(31)19-13-20(33-28-19)16-9-7-6-8-10-16/h6-10,13,15,17-18,32H,11-12,14H2,1-5H3,(H,25,31)(H,26,29)(H,27,30)/t15-,17?,18?/m0/s1. The van der Waals surface area contributed by atoms with E-state index >= 15 is 0 Å². The fraction of sp³-hybridized carbons (Fsp3) is 0.500. The van der Waals surface area contributed by atoms with Crippen molar-refractivity contribution in [2.45, 2.75) is 64.2 Å². The zero-order valence-electron chi connectivity index (χ0n) is 20.3. The number of nitrogens with zero attached hydrogens (tertiary/aromatic N) is 1. The Kier molecular flexibility index (Phi) is 7.62. The number of rotatable bonds is 8. The van der Waals surface area contributed by atoms with Crippen LogP contribution in [0.5, 0.6) is 0 Å². The number of benzene rings is 1. The van der Waals surface area contributed by atoms with E-state index in [1.807, 2.05) is 57.3 Å². The first kappa shape index (κ1) is 25.6. The van der Waals surface area contributed by atoms with Crippen LogP contribution in [0.25, 0.3) is 11.3 Å². The number of amides is 3. The van der Waals surface area contributed by atoms with Gasteiger partial charge in [0, 0.05) is 29.5 Å². The summed E-state index contributed by atoms with van der Waals surface area (Å²) in [7, 11) is -2.43. The number of hydrazine groups is 1. The minimum absolute atomic E-state index is 0.146. The van der Waals surface area contributed by atoms with Crippen LogP contribution in [0.15, 0.2) is 40.9 Å². The second-order valence-corrected chi connectivity index (χ2v) is 14.8. The molecule has 1 aliphatic rings. The summed E-state index contributed by atoms with van der Waals surface area (Å²) in [5.41, 5.74) is 5.99. The first-order valence-corrected chi connectivity index (χ1v) is 14.5. The van der Waals surface area contributed by atoms with Gasteiger partial charge in [0.2, 0.25) is 11.8 Å². The van der Waals surface area contributed by atoms with Gasteiger partial charge >= 0.3 is 0 Å². The summed E-state index contributed by atoms with van der Waals surface area (Å²) < 4.78 is 5.26. The molecule has 3 amide bonds. The van der Waals surface area contributed by atoms with Crippen LogP contribution in [-0.2, 0) is 9.59 Å². The molecule has 34 heavy (non-hydrogen) atoms. The van der Waals surface area contributed by atoms with Crippen LogP contribution in [0, 0.1) is 11.8 Å². The highest BCUT2D eigenvalue weighted by Gasteiger charge is 2.40. The van der Waals surface area contributed by atoms with Crippen molar-refractivity contribution in [1.82, 2.24) is 21.3 Å².